The molecule has 250 valence electrons. The maximum Gasteiger partial charge on any atom is 0.137 e. The summed E-state index contributed by atoms with van der Waals surface area (Å²) in [5.74, 6) is 0. The summed E-state index contributed by atoms with van der Waals surface area (Å²) in [5.41, 5.74) is 13.7. The van der Waals surface area contributed by atoms with Crippen molar-refractivity contribution in [3.05, 3.63) is 199 Å². The summed E-state index contributed by atoms with van der Waals surface area (Å²) in [5, 5.41) is 4.78. The Labute approximate surface area is 311 Å². The Morgan fingerprint density at radius 3 is 1.92 bits per heavy atom. The van der Waals surface area contributed by atoms with Gasteiger partial charge < -0.3 is 9.32 Å². The smallest absolute Gasteiger partial charge is 0.137 e. The van der Waals surface area contributed by atoms with Crippen LogP contribution in [0.4, 0.5) is 17.1 Å². The number of benzene rings is 8. The average Bonchev–Trinajstić information content (AvgIpc) is 3.88. The van der Waals surface area contributed by atoms with Crippen molar-refractivity contribution in [3.8, 4) is 22.3 Å². The predicted molar refractivity (Wildman–Crippen MR) is 224 cm³/mol. The summed E-state index contributed by atoms with van der Waals surface area (Å²) in [6.07, 6.45) is 0. The molecule has 2 nitrogen and oxygen atoms in total. The molecule has 2 aromatic heterocycles. The van der Waals surface area contributed by atoms with Crippen molar-refractivity contribution >= 4 is 70.5 Å². The molecule has 53 heavy (non-hydrogen) atoms. The van der Waals surface area contributed by atoms with E-state index >= 15 is 0 Å². The van der Waals surface area contributed by atoms with Crippen molar-refractivity contribution in [2.24, 2.45) is 0 Å². The minimum absolute atomic E-state index is 0.299. The Balaban J connectivity index is 1.13. The van der Waals surface area contributed by atoms with Crippen LogP contribution in [0.15, 0.2) is 186 Å². The molecule has 0 saturated carbocycles. The van der Waals surface area contributed by atoms with E-state index in [1.165, 1.54) is 59.1 Å². The highest BCUT2D eigenvalue weighted by Gasteiger charge is 2.40. The predicted octanol–water partition coefficient (Wildman–Crippen LogP) is 14.4. The molecule has 11 rings (SSSR count). The minimum Gasteiger partial charge on any atom is -0.456 e. The van der Waals surface area contributed by atoms with Crippen molar-refractivity contribution in [3.63, 3.8) is 0 Å². The molecule has 0 atom stereocenters. The fourth-order valence-electron chi connectivity index (χ4n) is 8.82. The Hall–Kier alpha value is -6.42. The first-order chi connectivity index (χ1) is 26.2. The molecule has 0 spiro atoms. The normalized spacial score (nSPS) is 13.2. The van der Waals surface area contributed by atoms with Gasteiger partial charge in [-0.05, 0) is 88.3 Å². The van der Waals surface area contributed by atoms with Crippen LogP contribution in [0.3, 0.4) is 0 Å². The van der Waals surface area contributed by atoms with Gasteiger partial charge in [-0.15, -0.1) is 11.3 Å². The van der Waals surface area contributed by atoms with Gasteiger partial charge >= 0.3 is 0 Å². The molecule has 0 amide bonds. The molecule has 0 unspecified atom stereocenters. The second-order valence-corrected chi connectivity index (χ2v) is 15.2. The van der Waals surface area contributed by atoms with Gasteiger partial charge in [-0.25, -0.2) is 0 Å². The van der Waals surface area contributed by atoms with Gasteiger partial charge in [-0.3, -0.25) is 0 Å². The zero-order chi connectivity index (χ0) is 35.1. The van der Waals surface area contributed by atoms with Gasteiger partial charge in [-0.1, -0.05) is 140 Å². The lowest BCUT2D eigenvalue weighted by Crippen LogP contribution is -2.22. The third kappa shape index (κ3) is 4.44. The fraction of sp³-hybridized carbons (Fsp3) is 0.0400. The Morgan fingerprint density at radius 2 is 1.13 bits per heavy atom. The van der Waals surface area contributed by atoms with Crippen LogP contribution in [0.25, 0.3) is 64.4 Å². The van der Waals surface area contributed by atoms with Gasteiger partial charge in [0.15, 0.2) is 0 Å². The molecule has 1 aliphatic rings. The van der Waals surface area contributed by atoms with Crippen molar-refractivity contribution < 1.29 is 4.42 Å². The van der Waals surface area contributed by atoms with Crippen LogP contribution in [0.2, 0.25) is 0 Å². The van der Waals surface area contributed by atoms with E-state index in [4.69, 9.17) is 4.42 Å². The number of anilines is 3. The van der Waals surface area contributed by atoms with Crippen LogP contribution in [0.1, 0.15) is 23.6 Å². The van der Waals surface area contributed by atoms with Crippen molar-refractivity contribution in [1.82, 2.24) is 0 Å². The highest BCUT2D eigenvalue weighted by atomic mass is 32.1. The van der Waals surface area contributed by atoms with Gasteiger partial charge in [0.05, 0.1) is 21.5 Å². The molecule has 0 N–H and O–H groups in total. The SMILES string of the molecule is CC1(c2ccc3c(c2)oc2cccc(N(c4ccc(-c5ccccc5)cc4)c4cccc5c4sc4ccccc45)c23)c2ccccc2-c2ccccc21. The molecular formula is C50H33NOS. The summed E-state index contributed by atoms with van der Waals surface area (Å²) >= 11 is 1.86. The van der Waals surface area contributed by atoms with Crippen LogP contribution in [-0.4, -0.2) is 0 Å². The highest BCUT2D eigenvalue weighted by molar-refractivity contribution is 7.26. The molecule has 0 radical (unpaired) electrons. The number of thiophene rings is 1. The van der Waals surface area contributed by atoms with E-state index in [1.807, 2.05) is 11.3 Å². The van der Waals surface area contributed by atoms with E-state index in [0.717, 1.165) is 39.0 Å². The quantitative estimate of drug-likeness (QED) is 0.178. The standard InChI is InChI=1S/C50H33NOS/c1-50(41-19-8-5-15-36(41)37-16-6-9-20-42(37)50)34-27-30-40-46(31-34)52-45-23-12-21-43(48(40)45)51(35-28-25-33(26-29-35)32-13-3-2-4-14-32)44-22-11-18-39-38-17-7-10-24-47(38)53-49(39)44/h2-31H,1H3. The van der Waals surface area contributed by atoms with E-state index in [0.29, 0.717) is 0 Å². The third-order valence-electron chi connectivity index (χ3n) is 11.4. The van der Waals surface area contributed by atoms with Gasteiger partial charge in [0.25, 0.3) is 0 Å². The molecule has 0 aliphatic heterocycles. The van der Waals surface area contributed by atoms with Crippen LogP contribution in [0.5, 0.6) is 0 Å². The Kier molecular flexibility index (Phi) is 6.58. The zero-order valence-electron chi connectivity index (χ0n) is 29.1. The zero-order valence-corrected chi connectivity index (χ0v) is 29.9. The Bertz CT molecular complexity index is 2980. The Morgan fingerprint density at radius 1 is 0.491 bits per heavy atom. The lowest BCUT2D eigenvalue weighted by Gasteiger charge is -2.28. The van der Waals surface area contributed by atoms with Crippen molar-refractivity contribution in [2.75, 3.05) is 4.90 Å². The topological polar surface area (TPSA) is 16.4 Å². The van der Waals surface area contributed by atoms with Gasteiger partial charge in [0.2, 0.25) is 0 Å². The molecule has 0 bridgehead atoms. The average molecular weight is 696 g/mol. The van der Waals surface area contributed by atoms with E-state index in [-0.39, 0.29) is 5.41 Å². The largest absolute Gasteiger partial charge is 0.456 e. The van der Waals surface area contributed by atoms with Crippen LogP contribution in [-0.2, 0) is 5.41 Å². The number of hydrogen-bond acceptors (Lipinski definition) is 3. The summed E-state index contributed by atoms with van der Waals surface area (Å²) in [6, 6.07) is 66.1. The number of fused-ring (bicyclic) bond motifs is 9. The number of nitrogens with zero attached hydrogens (tertiary/aromatic N) is 1. The molecule has 10 aromatic rings. The lowest BCUT2D eigenvalue weighted by atomic mass is 9.74. The monoisotopic (exact) mass is 695 g/mol. The summed E-state index contributed by atoms with van der Waals surface area (Å²) < 4.78 is 9.38. The molecule has 2 heterocycles. The summed E-state index contributed by atoms with van der Waals surface area (Å²) in [4.78, 5) is 2.43. The van der Waals surface area contributed by atoms with Crippen LogP contribution in [0, 0.1) is 0 Å². The maximum atomic E-state index is 6.82. The highest BCUT2D eigenvalue weighted by Crippen LogP contribution is 2.53. The van der Waals surface area contributed by atoms with Crippen molar-refractivity contribution in [1.29, 1.82) is 0 Å². The second kappa shape index (κ2) is 11.5. The van der Waals surface area contributed by atoms with E-state index in [1.54, 1.807) is 0 Å². The molecular weight excluding hydrogens is 663 g/mol. The van der Waals surface area contributed by atoms with Gasteiger partial charge in [0, 0.05) is 32.0 Å². The molecule has 0 saturated heterocycles. The van der Waals surface area contributed by atoms with Gasteiger partial charge in [0.1, 0.15) is 11.2 Å². The van der Waals surface area contributed by atoms with Gasteiger partial charge in [-0.2, -0.15) is 0 Å². The first-order valence-electron chi connectivity index (χ1n) is 18.2. The number of hydrogen-bond donors (Lipinski definition) is 0. The van der Waals surface area contributed by atoms with Crippen LogP contribution >= 0.6 is 11.3 Å². The maximum absolute atomic E-state index is 6.82. The molecule has 1 aliphatic carbocycles. The molecule has 0 fully saturated rings. The molecule has 3 heteroatoms. The summed E-state index contributed by atoms with van der Waals surface area (Å²) in [7, 11) is 0. The van der Waals surface area contributed by atoms with Crippen molar-refractivity contribution in [2.45, 2.75) is 12.3 Å². The van der Waals surface area contributed by atoms with E-state index in [9.17, 15) is 0 Å². The number of rotatable bonds is 5. The minimum atomic E-state index is -0.299. The van der Waals surface area contributed by atoms with Crippen LogP contribution < -0.4 is 4.90 Å². The van der Waals surface area contributed by atoms with E-state index < -0.39 is 0 Å². The first-order valence-corrected chi connectivity index (χ1v) is 19.0. The van der Waals surface area contributed by atoms with E-state index in [2.05, 4.69) is 194 Å². The summed E-state index contributed by atoms with van der Waals surface area (Å²) in [6.45, 7) is 2.36. The first kappa shape index (κ1) is 30.2. The fourth-order valence-corrected chi connectivity index (χ4v) is 10.0. The molecule has 8 aromatic carbocycles. The number of furan rings is 1. The second-order valence-electron chi connectivity index (χ2n) is 14.2. The lowest BCUT2D eigenvalue weighted by molar-refractivity contribution is 0.662. The third-order valence-corrected chi connectivity index (χ3v) is 12.6.